The van der Waals surface area contributed by atoms with Gasteiger partial charge < -0.3 is 35.5 Å². The molecule has 0 spiro atoms. The summed E-state index contributed by atoms with van der Waals surface area (Å²) < 4.78 is 14.2. The molecule has 2 heterocycles. The van der Waals surface area contributed by atoms with Gasteiger partial charge in [-0.1, -0.05) is 99.0 Å². The number of nitrogens with one attached hydrogen (secondary N) is 1. The highest BCUT2D eigenvalue weighted by molar-refractivity contribution is 6.67. The fourth-order valence-electron chi connectivity index (χ4n) is 4.60. The zero-order valence-corrected chi connectivity index (χ0v) is 25.6. The Kier molecular flexibility index (Phi) is 16.7. The molecule has 236 valence electrons. The van der Waals surface area contributed by atoms with E-state index in [2.05, 4.69) is 5.32 Å². The van der Waals surface area contributed by atoms with Crippen LogP contribution in [0.4, 0.5) is 4.79 Å². The summed E-state index contributed by atoms with van der Waals surface area (Å²) in [6.07, 6.45) is 10.7. The van der Waals surface area contributed by atoms with Crippen LogP contribution < -0.4 is 11.1 Å². The third-order valence-corrected chi connectivity index (χ3v) is 7.23. The Balaban J connectivity index is 1.40. The van der Waals surface area contributed by atoms with Crippen molar-refractivity contribution in [2.45, 2.75) is 124 Å². The second-order valence-corrected chi connectivity index (χ2v) is 13.0. The molecule has 0 aromatic carbocycles. The number of unbranched alkanes of at least 4 members (excludes halogenated alkanes) is 11. The minimum atomic E-state index is -1.57. The smallest absolute Gasteiger partial charge is 0.325 e. The molecule has 1 fully saturated rings. The van der Waals surface area contributed by atoms with Crippen LogP contribution in [0.2, 0.25) is 0 Å². The van der Waals surface area contributed by atoms with Crippen LogP contribution in [0.1, 0.15) is 89.9 Å². The number of urea groups is 1. The molecule has 41 heavy (non-hydrogen) atoms. The van der Waals surface area contributed by atoms with Gasteiger partial charge in [0.05, 0.1) is 6.17 Å². The summed E-state index contributed by atoms with van der Waals surface area (Å²) in [4.78, 5) is 36.8. The maximum absolute atomic E-state index is 12.1. The number of aliphatic hydroxyl groups is 2. The second-order valence-electron chi connectivity index (χ2n) is 10.5. The number of halogens is 3. The van der Waals surface area contributed by atoms with Crippen molar-refractivity contribution in [2.24, 2.45) is 5.73 Å². The average Bonchev–Trinajstić information content (AvgIpc) is 3.19. The Labute approximate surface area is 256 Å². The van der Waals surface area contributed by atoms with E-state index in [0.717, 1.165) is 62.7 Å². The van der Waals surface area contributed by atoms with Gasteiger partial charge in [-0.2, -0.15) is 0 Å². The zero-order chi connectivity index (χ0) is 30.3. The van der Waals surface area contributed by atoms with E-state index in [1.165, 1.54) is 31.5 Å². The molecule has 2 rings (SSSR count). The fourth-order valence-corrected chi connectivity index (χ4v) is 4.77. The van der Waals surface area contributed by atoms with E-state index >= 15 is 0 Å². The molecule has 2 amide bonds. The standard InChI is InChI=1S/C27H44Cl3N3O8/c28-27(29,30)18-40-22(35)14-12-10-8-6-4-2-1-3-5-7-9-11-13-21(34)39-17-19-23(36)24(37)25(41-19)33-16-15-20(31)32-26(33)38/h15-16,19-20,23-25,36-37H,1-14,17-18,31H2,(H,32,38). The van der Waals surface area contributed by atoms with Crippen molar-refractivity contribution in [1.29, 1.82) is 0 Å². The Morgan fingerprint density at radius 2 is 1.37 bits per heavy atom. The molecule has 5 unspecified atom stereocenters. The van der Waals surface area contributed by atoms with Crippen LogP contribution in [-0.4, -0.2) is 80.8 Å². The van der Waals surface area contributed by atoms with Gasteiger partial charge in [0.2, 0.25) is 3.79 Å². The van der Waals surface area contributed by atoms with Crippen LogP contribution in [0.15, 0.2) is 12.3 Å². The highest BCUT2D eigenvalue weighted by Crippen LogP contribution is 2.27. The molecule has 11 nitrogen and oxygen atoms in total. The number of ether oxygens (including phenoxy) is 3. The molecule has 14 heteroatoms. The lowest BCUT2D eigenvalue weighted by Gasteiger charge is -2.31. The van der Waals surface area contributed by atoms with Gasteiger partial charge in [-0.05, 0) is 18.9 Å². The fraction of sp³-hybridized carbons (Fsp3) is 0.815. The van der Waals surface area contributed by atoms with Crippen molar-refractivity contribution >= 4 is 52.8 Å². The Bertz CT molecular complexity index is 845. The van der Waals surface area contributed by atoms with Crippen molar-refractivity contribution in [3.63, 3.8) is 0 Å². The summed E-state index contributed by atoms with van der Waals surface area (Å²) in [7, 11) is 0. The lowest BCUT2D eigenvalue weighted by Crippen LogP contribution is -2.55. The van der Waals surface area contributed by atoms with Crippen LogP contribution in [0, 0.1) is 0 Å². The van der Waals surface area contributed by atoms with Gasteiger partial charge >= 0.3 is 18.0 Å². The highest BCUT2D eigenvalue weighted by Gasteiger charge is 2.47. The van der Waals surface area contributed by atoms with E-state index in [9.17, 15) is 24.6 Å². The summed E-state index contributed by atoms with van der Waals surface area (Å²) in [5.41, 5.74) is 5.61. The number of hydrogen-bond acceptors (Lipinski definition) is 9. The molecule has 0 radical (unpaired) electrons. The predicted octanol–water partition coefficient (Wildman–Crippen LogP) is 4.17. The van der Waals surface area contributed by atoms with Gasteiger partial charge in [-0.3, -0.25) is 14.5 Å². The summed E-state index contributed by atoms with van der Waals surface area (Å²) >= 11 is 16.6. The number of carbonyl (C=O) groups excluding carboxylic acids is 3. The third kappa shape index (κ3) is 14.6. The Morgan fingerprint density at radius 3 is 1.85 bits per heavy atom. The van der Waals surface area contributed by atoms with E-state index < -0.39 is 40.5 Å². The molecule has 5 atom stereocenters. The number of nitrogens with two attached hydrogens (primary N) is 1. The number of rotatable bonds is 19. The topological polar surface area (TPSA) is 161 Å². The first-order valence-corrected chi connectivity index (χ1v) is 15.5. The minimum Gasteiger partial charge on any atom is -0.463 e. The van der Waals surface area contributed by atoms with Gasteiger partial charge in [0, 0.05) is 19.0 Å². The number of carbonyl (C=O) groups is 3. The monoisotopic (exact) mass is 643 g/mol. The first-order valence-electron chi connectivity index (χ1n) is 14.4. The van der Waals surface area contributed by atoms with Gasteiger partial charge in [-0.15, -0.1) is 0 Å². The van der Waals surface area contributed by atoms with Gasteiger partial charge in [-0.25, -0.2) is 4.79 Å². The molecule has 0 bridgehead atoms. The number of esters is 2. The number of nitrogens with zero attached hydrogens (tertiary/aromatic N) is 1. The largest absolute Gasteiger partial charge is 0.463 e. The summed E-state index contributed by atoms with van der Waals surface area (Å²) in [6.45, 7) is -0.437. The van der Waals surface area contributed by atoms with E-state index in [4.69, 9.17) is 54.7 Å². The van der Waals surface area contributed by atoms with E-state index in [-0.39, 0.29) is 31.6 Å². The Morgan fingerprint density at radius 1 is 0.878 bits per heavy atom. The maximum atomic E-state index is 12.1. The molecule has 0 aromatic heterocycles. The lowest BCUT2D eigenvalue weighted by atomic mass is 10.0. The first-order chi connectivity index (χ1) is 19.5. The molecule has 2 aliphatic heterocycles. The summed E-state index contributed by atoms with van der Waals surface area (Å²) in [5.74, 6) is -0.726. The van der Waals surface area contributed by atoms with E-state index in [0.29, 0.717) is 6.42 Å². The zero-order valence-electron chi connectivity index (χ0n) is 23.4. The first kappa shape index (κ1) is 35.9. The van der Waals surface area contributed by atoms with Crippen LogP contribution in [0.25, 0.3) is 0 Å². The third-order valence-electron chi connectivity index (χ3n) is 6.91. The molecular weight excluding hydrogens is 601 g/mol. The highest BCUT2D eigenvalue weighted by atomic mass is 35.6. The lowest BCUT2D eigenvalue weighted by molar-refractivity contribution is -0.150. The molecule has 2 aliphatic rings. The molecule has 5 N–H and O–H groups in total. The SMILES string of the molecule is NC1C=CN(C2OC(COC(=O)CCCCCCCCCCCCCCC(=O)OCC(Cl)(Cl)Cl)C(O)C2O)C(=O)N1. The van der Waals surface area contributed by atoms with Crippen molar-refractivity contribution in [3.05, 3.63) is 12.3 Å². The molecule has 1 saturated heterocycles. The summed E-state index contributed by atoms with van der Waals surface area (Å²) in [6, 6.07) is -0.557. The second kappa shape index (κ2) is 19.0. The van der Waals surface area contributed by atoms with Crippen molar-refractivity contribution in [3.8, 4) is 0 Å². The van der Waals surface area contributed by atoms with Gasteiger partial charge in [0.1, 0.15) is 31.5 Å². The number of alkyl halides is 3. The van der Waals surface area contributed by atoms with Crippen LogP contribution in [0.5, 0.6) is 0 Å². The number of amides is 2. The quantitative estimate of drug-likeness (QED) is 0.0919. The average molecular weight is 645 g/mol. The van der Waals surface area contributed by atoms with Gasteiger partial charge in [0.25, 0.3) is 0 Å². The maximum Gasteiger partial charge on any atom is 0.325 e. The van der Waals surface area contributed by atoms with E-state index in [1.54, 1.807) is 0 Å². The predicted molar refractivity (Wildman–Crippen MR) is 155 cm³/mol. The molecule has 0 saturated carbocycles. The van der Waals surface area contributed by atoms with Crippen LogP contribution >= 0.6 is 34.8 Å². The normalized spacial score (nSPS) is 24.4. The van der Waals surface area contributed by atoms with Crippen molar-refractivity contribution in [1.82, 2.24) is 10.2 Å². The van der Waals surface area contributed by atoms with E-state index in [1.807, 2.05) is 0 Å². The van der Waals surface area contributed by atoms with Crippen molar-refractivity contribution in [2.75, 3.05) is 13.2 Å². The van der Waals surface area contributed by atoms with Crippen molar-refractivity contribution < 1.29 is 38.8 Å². The van der Waals surface area contributed by atoms with Gasteiger partial charge in [0.15, 0.2) is 6.23 Å². The number of aliphatic hydroxyl groups excluding tert-OH is 2. The van der Waals surface area contributed by atoms with Crippen LogP contribution in [-0.2, 0) is 23.8 Å². The van der Waals surface area contributed by atoms with Crippen LogP contribution in [0.3, 0.4) is 0 Å². The molecular formula is C27H44Cl3N3O8. The molecule has 0 aliphatic carbocycles. The minimum absolute atomic E-state index is 0.211. The summed E-state index contributed by atoms with van der Waals surface area (Å²) in [5, 5.41) is 23.0. The Hall–Kier alpha value is -1.34. The number of hydrogen-bond donors (Lipinski definition) is 4. The molecule has 0 aromatic rings.